The van der Waals surface area contributed by atoms with Crippen LogP contribution in [0.15, 0.2) is 54.7 Å². The standard InChI is InChI=1S/C31H40N4O5/c1-6-20(2)27-29(36)32-16-14-22-19-23(12-13-25(22)39-5)40-26-15-17-35(28(26)30(37)33-27)31(38)24(34(3)4)18-21-10-8-7-9-11-21/h7-14,16,19-20,24,26-28H,6,15,17-18H2,1-5H3,(H,32,36)(H,33,37)/b16-14-/t20?,24-,26-,27-,28-/m0/s1. The molecule has 2 bridgehead atoms. The van der Waals surface area contributed by atoms with Gasteiger partial charge in [0, 0.05) is 24.7 Å². The molecule has 9 nitrogen and oxygen atoms in total. The van der Waals surface area contributed by atoms with Crippen LogP contribution in [-0.4, -0.2) is 79.5 Å². The molecule has 1 unspecified atom stereocenters. The number of benzene rings is 2. The van der Waals surface area contributed by atoms with Crippen molar-refractivity contribution in [3.8, 4) is 11.5 Å². The predicted molar refractivity (Wildman–Crippen MR) is 154 cm³/mol. The number of rotatable bonds is 7. The van der Waals surface area contributed by atoms with E-state index < -0.39 is 30.1 Å². The Bertz CT molecular complexity index is 1230. The van der Waals surface area contributed by atoms with Crippen molar-refractivity contribution in [1.82, 2.24) is 20.4 Å². The summed E-state index contributed by atoms with van der Waals surface area (Å²) in [6.45, 7) is 4.26. The summed E-state index contributed by atoms with van der Waals surface area (Å²) in [7, 11) is 5.32. The molecule has 9 heteroatoms. The maximum absolute atomic E-state index is 14.1. The Balaban J connectivity index is 1.71. The van der Waals surface area contributed by atoms with E-state index in [2.05, 4.69) is 10.6 Å². The van der Waals surface area contributed by atoms with Gasteiger partial charge in [-0.1, -0.05) is 50.6 Å². The zero-order valence-electron chi connectivity index (χ0n) is 23.9. The molecular formula is C31H40N4O5. The van der Waals surface area contributed by atoms with E-state index in [-0.39, 0.29) is 17.7 Å². The molecule has 0 radical (unpaired) electrons. The van der Waals surface area contributed by atoms with Crippen molar-refractivity contribution in [3.05, 3.63) is 65.9 Å². The summed E-state index contributed by atoms with van der Waals surface area (Å²) in [5, 5.41) is 5.77. The second-order valence-electron chi connectivity index (χ2n) is 10.7. The summed E-state index contributed by atoms with van der Waals surface area (Å²) in [6, 6.07) is 13.1. The molecule has 2 N–H and O–H groups in total. The summed E-state index contributed by atoms with van der Waals surface area (Å²) in [5.74, 6) is 0.175. The van der Waals surface area contributed by atoms with Crippen LogP contribution in [0.5, 0.6) is 11.5 Å². The van der Waals surface area contributed by atoms with Gasteiger partial charge in [-0.15, -0.1) is 0 Å². The number of amides is 3. The lowest BCUT2D eigenvalue weighted by molar-refractivity contribution is -0.144. The third-order valence-electron chi connectivity index (χ3n) is 7.84. The van der Waals surface area contributed by atoms with Gasteiger partial charge in [-0.3, -0.25) is 19.3 Å². The normalized spacial score (nSPS) is 23.4. The molecule has 3 amide bonds. The van der Waals surface area contributed by atoms with E-state index in [1.807, 2.05) is 69.2 Å². The van der Waals surface area contributed by atoms with Crippen molar-refractivity contribution >= 4 is 23.8 Å². The molecule has 0 saturated carbocycles. The smallest absolute Gasteiger partial charge is 0.247 e. The van der Waals surface area contributed by atoms with Crippen molar-refractivity contribution in [2.24, 2.45) is 5.92 Å². The van der Waals surface area contributed by atoms with Crippen molar-refractivity contribution in [2.75, 3.05) is 27.7 Å². The van der Waals surface area contributed by atoms with Gasteiger partial charge in [0.2, 0.25) is 17.7 Å². The number of ether oxygens (including phenoxy) is 2. The first-order valence-corrected chi connectivity index (χ1v) is 13.9. The summed E-state index contributed by atoms with van der Waals surface area (Å²) in [4.78, 5) is 44.7. The fraction of sp³-hybridized carbons (Fsp3) is 0.452. The van der Waals surface area contributed by atoms with Gasteiger partial charge >= 0.3 is 0 Å². The summed E-state index contributed by atoms with van der Waals surface area (Å²) < 4.78 is 11.9. The molecule has 2 aliphatic rings. The van der Waals surface area contributed by atoms with Gasteiger partial charge in [0.25, 0.3) is 0 Å². The number of likely N-dealkylation sites (N-methyl/N-ethyl adjacent to an activating group) is 1. The summed E-state index contributed by atoms with van der Waals surface area (Å²) >= 11 is 0. The van der Waals surface area contributed by atoms with Crippen LogP contribution in [0.2, 0.25) is 0 Å². The van der Waals surface area contributed by atoms with Crippen molar-refractivity contribution in [1.29, 1.82) is 0 Å². The predicted octanol–water partition coefficient (Wildman–Crippen LogP) is 2.85. The van der Waals surface area contributed by atoms with E-state index in [0.717, 1.165) is 11.1 Å². The van der Waals surface area contributed by atoms with Crippen molar-refractivity contribution in [3.63, 3.8) is 0 Å². The van der Waals surface area contributed by atoms with E-state index in [0.29, 0.717) is 37.3 Å². The molecule has 40 heavy (non-hydrogen) atoms. The van der Waals surface area contributed by atoms with Crippen LogP contribution in [0.25, 0.3) is 6.08 Å². The minimum atomic E-state index is -0.899. The molecular weight excluding hydrogens is 508 g/mol. The molecule has 2 aromatic rings. The van der Waals surface area contributed by atoms with Crippen LogP contribution in [0.3, 0.4) is 0 Å². The molecule has 0 aliphatic carbocycles. The van der Waals surface area contributed by atoms with Crippen LogP contribution in [0, 0.1) is 5.92 Å². The average molecular weight is 549 g/mol. The van der Waals surface area contributed by atoms with E-state index in [4.69, 9.17) is 9.47 Å². The number of nitrogens with one attached hydrogen (secondary N) is 2. The molecule has 5 atom stereocenters. The highest BCUT2D eigenvalue weighted by Gasteiger charge is 2.46. The zero-order valence-corrected chi connectivity index (χ0v) is 23.9. The Labute approximate surface area is 236 Å². The van der Waals surface area contributed by atoms with Crippen LogP contribution in [0.4, 0.5) is 0 Å². The first-order valence-electron chi connectivity index (χ1n) is 13.9. The lowest BCUT2D eigenvalue weighted by Crippen LogP contribution is -2.59. The van der Waals surface area contributed by atoms with Gasteiger partial charge in [-0.2, -0.15) is 0 Å². The molecule has 214 valence electrons. The number of hydrogen-bond donors (Lipinski definition) is 2. The SMILES string of the molecule is CCC(C)[C@@H]1NC(=O)[C@@H]2[C@H](CCN2C(=O)[C@H](Cc2ccccc2)N(C)C)Oc2ccc(OC)c(c2)/C=C\NC1=O. The molecule has 0 spiro atoms. The van der Waals surface area contributed by atoms with E-state index in [1.165, 1.54) is 0 Å². The Morgan fingerprint density at radius 3 is 2.58 bits per heavy atom. The van der Waals surface area contributed by atoms with E-state index in [9.17, 15) is 14.4 Å². The minimum absolute atomic E-state index is 0.129. The highest BCUT2D eigenvalue weighted by molar-refractivity contribution is 5.94. The number of carbonyl (C=O) groups is 3. The fourth-order valence-corrected chi connectivity index (χ4v) is 5.30. The maximum atomic E-state index is 14.1. The monoisotopic (exact) mass is 548 g/mol. The van der Waals surface area contributed by atoms with Gasteiger partial charge in [0.1, 0.15) is 29.7 Å². The third-order valence-corrected chi connectivity index (χ3v) is 7.84. The van der Waals surface area contributed by atoms with Gasteiger partial charge in [0.15, 0.2) is 0 Å². The Morgan fingerprint density at radius 2 is 1.90 bits per heavy atom. The molecule has 1 fully saturated rings. The Morgan fingerprint density at radius 1 is 1.15 bits per heavy atom. The topological polar surface area (TPSA) is 100 Å². The lowest BCUT2D eigenvalue weighted by Gasteiger charge is -2.34. The average Bonchev–Trinajstić information content (AvgIpc) is 3.37. The van der Waals surface area contributed by atoms with Gasteiger partial charge in [-0.25, -0.2) is 0 Å². The van der Waals surface area contributed by atoms with E-state index >= 15 is 0 Å². The molecule has 0 aromatic heterocycles. The molecule has 4 rings (SSSR count). The molecule has 2 aliphatic heterocycles. The van der Waals surface area contributed by atoms with E-state index in [1.54, 1.807) is 36.4 Å². The third kappa shape index (κ3) is 6.47. The molecule has 2 aromatic carbocycles. The zero-order chi connectivity index (χ0) is 28.8. The van der Waals surface area contributed by atoms with Gasteiger partial charge < -0.3 is 25.0 Å². The maximum Gasteiger partial charge on any atom is 0.247 e. The van der Waals surface area contributed by atoms with Crippen LogP contribution in [-0.2, 0) is 20.8 Å². The quantitative estimate of drug-likeness (QED) is 0.552. The first-order chi connectivity index (χ1) is 19.2. The van der Waals surface area contributed by atoms with Crippen molar-refractivity contribution in [2.45, 2.75) is 57.3 Å². The number of carbonyl (C=O) groups excluding carboxylic acids is 3. The number of methoxy groups -OCH3 is 1. The largest absolute Gasteiger partial charge is 0.496 e. The summed E-state index contributed by atoms with van der Waals surface area (Å²) in [5.41, 5.74) is 1.75. The summed E-state index contributed by atoms with van der Waals surface area (Å²) in [6.07, 6.45) is 4.37. The minimum Gasteiger partial charge on any atom is -0.496 e. The van der Waals surface area contributed by atoms with Gasteiger partial charge in [-0.05, 0) is 56.3 Å². The van der Waals surface area contributed by atoms with Crippen LogP contribution < -0.4 is 20.1 Å². The second-order valence-corrected chi connectivity index (χ2v) is 10.7. The second kappa shape index (κ2) is 13.0. The Kier molecular flexibility index (Phi) is 9.47. The number of fused-ring (bicyclic) bond motifs is 3. The number of hydrogen-bond acceptors (Lipinski definition) is 6. The van der Waals surface area contributed by atoms with Crippen molar-refractivity contribution < 1.29 is 23.9 Å². The Hall–Kier alpha value is -3.85. The number of nitrogens with zero attached hydrogens (tertiary/aromatic N) is 2. The van der Waals surface area contributed by atoms with Gasteiger partial charge in [0.05, 0.1) is 13.2 Å². The molecule has 2 heterocycles. The fourth-order valence-electron chi connectivity index (χ4n) is 5.30. The lowest BCUT2D eigenvalue weighted by atomic mass is 9.97. The highest BCUT2D eigenvalue weighted by atomic mass is 16.5. The van der Waals surface area contributed by atoms with Crippen LogP contribution in [0.1, 0.15) is 37.8 Å². The first kappa shape index (κ1) is 29.1. The van der Waals surface area contributed by atoms with Crippen LogP contribution >= 0.6 is 0 Å². The highest BCUT2D eigenvalue weighted by Crippen LogP contribution is 2.30. The molecule has 1 saturated heterocycles. The number of likely N-dealkylation sites (tertiary alicyclic amines) is 1.